The quantitative estimate of drug-likeness (QED) is 0.848. The van der Waals surface area contributed by atoms with Crippen LogP contribution in [-0.4, -0.2) is 38.0 Å². The van der Waals surface area contributed by atoms with E-state index in [0.29, 0.717) is 23.9 Å². The summed E-state index contributed by atoms with van der Waals surface area (Å²) < 4.78 is 49.7. The van der Waals surface area contributed by atoms with Crippen LogP contribution >= 0.6 is 11.3 Å². The largest absolute Gasteiger partial charge is 0.346 e. The third-order valence-corrected chi connectivity index (χ3v) is 5.82. The number of rotatable bonds is 2. The highest BCUT2D eigenvalue weighted by molar-refractivity contribution is 7.91. The van der Waals surface area contributed by atoms with Gasteiger partial charge in [-0.15, -0.1) is 11.3 Å². The van der Waals surface area contributed by atoms with Crippen LogP contribution in [0, 0.1) is 11.6 Å². The number of nitrogens with zero attached hydrogens (tertiary/aromatic N) is 2. The molecule has 2 heterocycles. The zero-order valence-electron chi connectivity index (χ0n) is 10.9. The van der Waals surface area contributed by atoms with Crippen LogP contribution in [0.2, 0.25) is 0 Å². The minimum absolute atomic E-state index is 0.0935. The summed E-state index contributed by atoms with van der Waals surface area (Å²) >= 11 is 1.30. The lowest BCUT2D eigenvalue weighted by molar-refractivity contribution is 0.586. The van der Waals surface area contributed by atoms with Gasteiger partial charge in [0.2, 0.25) is 0 Å². The van der Waals surface area contributed by atoms with Crippen LogP contribution in [-0.2, 0) is 9.84 Å². The monoisotopic (exact) mass is 330 g/mol. The van der Waals surface area contributed by atoms with Crippen LogP contribution < -0.4 is 4.90 Å². The molecule has 112 valence electrons. The highest BCUT2D eigenvalue weighted by atomic mass is 32.2. The Labute approximate surface area is 125 Å². The van der Waals surface area contributed by atoms with E-state index in [9.17, 15) is 17.2 Å². The molecule has 4 nitrogen and oxygen atoms in total. The Morgan fingerprint density at radius 3 is 2.62 bits per heavy atom. The van der Waals surface area contributed by atoms with Crippen molar-refractivity contribution in [3.05, 3.63) is 35.2 Å². The van der Waals surface area contributed by atoms with Gasteiger partial charge in [-0.25, -0.2) is 22.2 Å². The third kappa shape index (κ3) is 3.06. The first-order valence-corrected chi connectivity index (χ1v) is 9.01. The Morgan fingerprint density at radius 1 is 1.19 bits per heavy atom. The molecule has 0 radical (unpaired) electrons. The zero-order chi connectivity index (χ0) is 15.0. The second-order valence-corrected chi connectivity index (χ2v) is 7.92. The maximum atomic E-state index is 13.7. The first kappa shape index (κ1) is 14.4. The molecule has 1 aliphatic rings. The maximum absolute atomic E-state index is 13.7. The topological polar surface area (TPSA) is 50.3 Å². The number of anilines is 1. The first-order valence-electron chi connectivity index (χ1n) is 6.31. The molecule has 1 aromatic heterocycles. The van der Waals surface area contributed by atoms with Gasteiger partial charge in [0, 0.05) is 24.0 Å². The summed E-state index contributed by atoms with van der Waals surface area (Å²) in [7, 11) is -2.96. The van der Waals surface area contributed by atoms with Crippen molar-refractivity contribution in [1.82, 2.24) is 4.98 Å². The molecule has 2 aromatic rings. The van der Waals surface area contributed by atoms with Gasteiger partial charge in [0.15, 0.2) is 15.0 Å². The van der Waals surface area contributed by atoms with E-state index in [1.165, 1.54) is 11.3 Å². The Morgan fingerprint density at radius 2 is 1.90 bits per heavy atom. The zero-order valence-corrected chi connectivity index (χ0v) is 12.6. The number of hydrogen-bond acceptors (Lipinski definition) is 5. The lowest BCUT2D eigenvalue weighted by Crippen LogP contribution is -2.40. The van der Waals surface area contributed by atoms with Crippen molar-refractivity contribution in [2.75, 3.05) is 29.5 Å². The molecule has 3 rings (SSSR count). The molecule has 1 saturated heterocycles. The van der Waals surface area contributed by atoms with Gasteiger partial charge in [-0.1, -0.05) is 0 Å². The summed E-state index contributed by atoms with van der Waals surface area (Å²) in [4.78, 5) is 6.15. The molecule has 1 aliphatic heterocycles. The molecule has 0 spiro atoms. The number of halogens is 2. The van der Waals surface area contributed by atoms with Gasteiger partial charge in [0.1, 0.15) is 11.6 Å². The predicted molar refractivity (Wildman–Crippen MR) is 78.3 cm³/mol. The van der Waals surface area contributed by atoms with Crippen LogP contribution in [0.3, 0.4) is 0 Å². The van der Waals surface area contributed by atoms with Crippen molar-refractivity contribution in [1.29, 1.82) is 0 Å². The van der Waals surface area contributed by atoms with E-state index in [4.69, 9.17) is 0 Å². The molecule has 0 aliphatic carbocycles. The van der Waals surface area contributed by atoms with Crippen molar-refractivity contribution in [2.24, 2.45) is 0 Å². The van der Waals surface area contributed by atoms with Gasteiger partial charge in [0.25, 0.3) is 0 Å². The molecule has 0 unspecified atom stereocenters. The highest BCUT2D eigenvalue weighted by Gasteiger charge is 2.24. The molecular formula is C13H12F2N2O2S2. The van der Waals surface area contributed by atoms with Gasteiger partial charge < -0.3 is 4.90 Å². The number of aromatic nitrogens is 1. The molecule has 0 amide bonds. The van der Waals surface area contributed by atoms with E-state index in [0.717, 1.165) is 18.2 Å². The molecule has 8 heteroatoms. The van der Waals surface area contributed by atoms with E-state index in [1.54, 1.807) is 5.38 Å². The minimum atomic E-state index is -2.96. The molecular weight excluding hydrogens is 318 g/mol. The Balaban J connectivity index is 1.85. The maximum Gasteiger partial charge on any atom is 0.185 e. The summed E-state index contributed by atoms with van der Waals surface area (Å²) in [5.41, 5.74) is 0.475. The second-order valence-electron chi connectivity index (χ2n) is 4.78. The van der Waals surface area contributed by atoms with Crippen LogP contribution in [0.15, 0.2) is 23.6 Å². The van der Waals surface area contributed by atoms with E-state index in [-0.39, 0.29) is 17.1 Å². The minimum Gasteiger partial charge on any atom is -0.346 e. The van der Waals surface area contributed by atoms with Gasteiger partial charge in [0.05, 0.1) is 17.2 Å². The van der Waals surface area contributed by atoms with E-state index < -0.39 is 21.5 Å². The fourth-order valence-corrected chi connectivity index (χ4v) is 4.21. The molecule has 0 N–H and O–H groups in total. The number of hydrogen-bond donors (Lipinski definition) is 0. The number of sulfone groups is 1. The Kier molecular flexibility index (Phi) is 3.66. The van der Waals surface area contributed by atoms with E-state index in [2.05, 4.69) is 4.98 Å². The Hall–Kier alpha value is -1.54. The molecule has 1 fully saturated rings. The molecule has 1 aromatic carbocycles. The number of thiazole rings is 1. The average Bonchev–Trinajstić information content (AvgIpc) is 2.91. The van der Waals surface area contributed by atoms with Crippen LogP contribution in [0.4, 0.5) is 13.9 Å². The fourth-order valence-electron chi connectivity index (χ4n) is 2.13. The van der Waals surface area contributed by atoms with Gasteiger partial charge in [-0.05, 0) is 18.2 Å². The van der Waals surface area contributed by atoms with E-state index >= 15 is 0 Å². The van der Waals surface area contributed by atoms with Crippen LogP contribution in [0.25, 0.3) is 11.3 Å². The third-order valence-electron chi connectivity index (χ3n) is 3.31. The summed E-state index contributed by atoms with van der Waals surface area (Å²) in [5, 5.41) is 2.28. The number of benzene rings is 1. The smallest absolute Gasteiger partial charge is 0.185 e. The summed E-state index contributed by atoms with van der Waals surface area (Å²) in [5.74, 6) is -0.869. The summed E-state index contributed by atoms with van der Waals surface area (Å²) in [6.45, 7) is 0.752. The fraction of sp³-hybridized carbons (Fsp3) is 0.308. The SMILES string of the molecule is O=S1(=O)CCN(c2nc(-c3cc(F)ccc3F)cs2)CC1. The average molecular weight is 330 g/mol. The molecule has 0 atom stereocenters. The Bertz CT molecular complexity index is 760. The molecule has 21 heavy (non-hydrogen) atoms. The molecule has 0 bridgehead atoms. The van der Waals surface area contributed by atoms with Crippen molar-refractivity contribution in [3.63, 3.8) is 0 Å². The lowest BCUT2D eigenvalue weighted by atomic mass is 10.1. The summed E-state index contributed by atoms with van der Waals surface area (Å²) in [6, 6.07) is 3.23. The van der Waals surface area contributed by atoms with Crippen molar-refractivity contribution in [2.45, 2.75) is 0 Å². The van der Waals surface area contributed by atoms with Gasteiger partial charge >= 0.3 is 0 Å². The second kappa shape index (κ2) is 5.34. The van der Waals surface area contributed by atoms with Crippen molar-refractivity contribution in [3.8, 4) is 11.3 Å². The van der Waals surface area contributed by atoms with Crippen molar-refractivity contribution < 1.29 is 17.2 Å². The lowest BCUT2D eigenvalue weighted by Gasteiger charge is -2.25. The summed E-state index contributed by atoms with van der Waals surface area (Å²) in [6.07, 6.45) is 0. The molecule has 0 saturated carbocycles. The normalized spacial score (nSPS) is 17.9. The van der Waals surface area contributed by atoms with Crippen molar-refractivity contribution >= 4 is 26.3 Å². The standard InChI is InChI=1S/C13H12F2N2O2S2/c14-9-1-2-11(15)10(7-9)12-8-20-13(16-12)17-3-5-21(18,19)6-4-17/h1-2,7-8H,3-6H2. The highest BCUT2D eigenvalue weighted by Crippen LogP contribution is 2.30. The van der Waals surface area contributed by atoms with Gasteiger partial charge in [-0.2, -0.15) is 0 Å². The van der Waals surface area contributed by atoms with E-state index in [1.807, 2.05) is 4.90 Å². The van der Waals surface area contributed by atoms with Gasteiger partial charge in [-0.3, -0.25) is 0 Å². The van der Waals surface area contributed by atoms with Crippen LogP contribution in [0.5, 0.6) is 0 Å². The van der Waals surface area contributed by atoms with Crippen LogP contribution in [0.1, 0.15) is 0 Å². The predicted octanol–water partition coefficient (Wildman–Crippen LogP) is 2.32. The first-order chi connectivity index (χ1) is 9.94.